The Balaban J connectivity index is 2.08. The van der Waals surface area contributed by atoms with Crippen LogP contribution in [0.15, 0.2) is 0 Å². The molecule has 1 aliphatic heterocycles. The van der Waals surface area contributed by atoms with Crippen molar-refractivity contribution in [3.63, 3.8) is 0 Å². The fraction of sp³-hybridized carbons (Fsp3) is 1.00. The molecule has 23 heavy (non-hydrogen) atoms. The zero-order valence-electron chi connectivity index (χ0n) is 13.8. The van der Waals surface area contributed by atoms with Gasteiger partial charge in [-0.05, 0) is 20.4 Å². The largest absolute Gasteiger partial charge is 0.388 e. The van der Waals surface area contributed by atoms with E-state index in [-0.39, 0.29) is 6.61 Å². The second-order valence-corrected chi connectivity index (χ2v) is 6.65. The molecule has 9 heteroatoms. The summed E-state index contributed by atoms with van der Waals surface area (Å²) in [6.07, 6.45) is -4.17. The molecule has 1 heterocycles. The van der Waals surface area contributed by atoms with E-state index in [9.17, 15) is 15.3 Å². The average molecular weight is 335 g/mol. The third-order valence-corrected chi connectivity index (χ3v) is 4.77. The number of hydrogen-bond donors (Lipinski definition) is 6. The highest BCUT2D eigenvalue weighted by molar-refractivity contribution is 5.01. The van der Waals surface area contributed by atoms with Crippen molar-refractivity contribution >= 4 is 0 Å². The first-order valence-electron chi connectivity index (χ1n) is 7.79. The molecule has 0 spiro atoms. The van der Waals surface area contributed by atoms with Crippen molar-refractivity contribution < 1.29 is 29.5 Å². The Hall–Kier alpha value is -0.360. The van der Waals surface area contributed by atoms with Crippen LogP contribution in [0.3, 0.4) is 0 Å². The molecular formula is C14H29N3O6. The highest BCUT2D eigenvalue weighted by atomic mass is 16.7. The van der Waals surface area contributed by atoms with E-state index in [2.05, 4.69) is 5.32 Å². The highest BCUT2D eigenvalue weighted by Crippen LogP contribution is 2.29. The highest BCUT2D eigenvalue weighted by Gasteiger charge is 2.49. The van der Waals surface area contributed by atoms with Gasteiger partial charge in [0, 0.05) is 19.2 Å². The van der Waals surface area contributed by atoms with E-state index >= 15 is 0 Å². The lowest BCUT2D eigenvalue weighted by Gasteiger charge is -2.47. The normalized spacial score (nSPS) is 51.7. The Morgan fingerprint density at radius 2 is 1.78 bits per heavy atom. The molecule has 1 saturated heterocycles. The number of aliphatic hydroxyl groups is 3. The Kier molecular flexibility index (Phi) is 5.99. The van der Waals surface area contributed by atoms with Crippen LogP contribution in [0.1, 0.15) is 13.3 Å². The molecule has 9 atom stereocenters. The van der Waals surface area contributed by atoms with Crippen LogP contribution in [0, 0.1) is 0 Å². The number of nitrogens with two attached hydrogens (primary N) is 2. The van der Waals surface area contributed by atoms with Crippen molar-refractivity contribution in [2.45, 2.75) is 67.8 Å². The fourth-order valence-electron chi connectivity index (χ4n) is 3.49. The van der Waals surface area contributed by atoms with Gasteiger partial charge < -0.3 is 46.3 Å². The van der Waals surface area contributed by atoms with E-state index in [4.69, 9.17) is 25.7 Å². The van der Waals surface area contributed by atoms with Crippen molar-refractivity contribution in [1.29, 1.82) is 0 Å². The molecule has 136 valence electrons. The van der Waals surface area contributed by atoms with Gasteiger partial charge in [-0.3, -0.25) is 0 Å². The third-order valence-electron chi connectivity index (χ3n) is 4.77. The second kappa shape index (κ2) is 7.26. The predicted molar refractivity (Wildman–Crippen MR) is 81.5 cm³/mol. The first kappa shape index (κ1) is 19.0. The Bertz CT molecular complexity index is 399. The summed E-state index contributed by atoms with van der Waals surface area (Å²) in [7, 11) is 3.09. The number of hydrogen-bond acceptors (Lipinski definition) is 9. The van der Waals surface area contributed by atoms with Crippen molar-refractivity contribution in [2.24, 2.45) is 11.5 Å². The summed E-state index contributed by atoms with van der Waals surface area (Å²) in [6.45, 7) is 1.54. The fourth-order valence-corrected chi connectivity index (χ4v) is 3.49. The maximum atomic E-state index is 10.4. The van der Waals surface area contributed by atoms with Gasteiger partial charge in [-0.15, -0.1) is 0 Å². The minimum Gasteiger partial charge on any atom is -0.388 e. The van der Waals surface area contributed by atoms with Crippen LogP contribution in [0.4, 0.5) is 0 Å². The summed E-state index contributed by atoms with van der Waals surface area (Å²) in [5, 5.41) is 33.9. The van der Waals surface area contributed by atoms with Gasteiger partial charge in [-0.2, -0.15) is 0 Å². The molecule has 0 aromatic heterocycles. The van der Waals surface area contributed by atoms with Gasteiger partial charge in [0.05, 0.1) is 12.6 Å². The van der Waals surface area contributed by atoms with Crippen LogP contribution in [-0.4, -0.2) is 90.5 Å². The van der Waals surface area contributed by atoms with Crippen molar-refractivity contribution in [1.82, 2.24) is 5.32 Å². The van der Waals surface area contributed by atoms with Crippen LogP contribution >= 0.6 is 0 Å². The molecule has 0 aromatic rings. The molecule has 0 bridgehead atoms. The summed E-state index contributed by atoms with van der Waals surface area (Å²) < 4.78 is 16.4. The standard InChI is InChI=1S/C14H29N3O6/c1-14(20)5-22-13(9(19)12(14)17-2)23-11-7(16)4-6(15)10(21-3)8(11)18/h6-13,17-20H,4-5,15-16H2,1-3H3. The molecule has 9 unspecified atom stereocenters. The molecule has 2 fully saturated rings. The van der Waals surface area contributed by atoms with Crippen molar-refractivity contribution in [3.05, 3.63) is 0 Å². The van der Waals surface area contributed by atoms with E-state index in [1.165, 1.54) is 7.11 Å². The Morgan fingerprint density at radius 3 is 2.35 bits per heavy atom. The lowest BCUT2D eigenvalue weighted by molar-refractivity contribution is -0.297. The second-order valence-electron chi connectivity index (χ2n) is 6.65. The first-order valence-corrected chi connectivity index (χ1v) is 7.79. The van der Waals surface area contributed by atoms with Gasteiger partial charge in [-0.25, -0.2) is 0 Å². The summed E-state index contributed by atoms with van der Waals surface area (Å²) in [5.74, 6) is 0. The van der Waals surface area contributed by atoms with E-state index in [1.807, 2.05) is 0 Å². The summed E-state index contributed by atoms with van der Waals surface area (Å²) in [5.41, 5.74) is 10.7. The predicted octanol–water partition coefficient (Wildman–Crippen LogP) is -3.14. The molecule has 1 aliphatic carbocycles. The van der Waals surface area contributed by atoms with Crippen LogP contribution in [0.5, 0.6) is 0 Å². The Labute approximate surface area is 135 Å². The molecular weight excluding hydrogens is 306 g/mol. The number of rotatable bonds is 4. The van der Waals surface area contributed by atoms with Crippen LogP contribution in [0.2, 0.25) is 0 Å². The molecule has 9 nitrogen and oxygen atoms in total. The molecule has 2 rings (SSSR count). The molecule has 0 radical (unpaired) electrons. The minimum absolute atomic E-state index is 0.0223. The smallest absolute Gasteiger partial charge is 0.185 e. The van der Waals surface area contributed by atoms with Crippen molar-refractivity contribution in [2.75, 3.05) is 20.8 Å². The topological polar surface area (TPSA) is 152 Å². The Morgan fingerprint density at radius 1 is 1.17 bits per heavy atom. The average Bonchev–Trinajstić information content (AvgIpc) is 2.45. The van der Waals surface area contributed by atoms with Gasteiger partial charge >= 0.3 is 0 Å². The first-order chi connectivity index (χ1) is 10.7. The van der Waals surface area contributed by atoms with Gasteiger partial charge in [0.25, 0.3) is 0 Å². The molecule has 0 amide bonds. The maximum absolute atomic E-state index is 10.4. The van der Waals surface area contributed by atoms with Gasteiger partial charge in [0.2, 0.25) is 0 Å². The van der Waals surface area contributed by atoms with E-state index in [0.717, 1.165) is 0 Å². The summed E-state index contributed by atoms with van der Waals surface area (Å²) >= 11 is 0. The molecule has 1 saturated carbocycles. The third kappa shape index (κ3) is 3.68. The minimum atomic E-state index is -1.24. The monoisotopic (exact) mass is 335 g/mol. The number of aliphatic hydroxyl groups excluding tert-OH is 2. The number of nitrogens with one attached hydrogen (secondary N) is 1. The van der Waals surface area contributed by atoms with Crippen LogP contribution in [0.25, 0.3) is 0 Å². The van der Waals surface area contributed by atoms with Crippen LogP contribution in [-0.2, 0) is 14.2 Å². The number of methoxy groups -OCH3 is 1. The quantitative estimate of drug-likeness (QED) is 0.313. The van der Waals surface area contributed by atoms with Gasteiger partial charge in [0.15, 0.2) is 6.29 Å². The lowest BCUT2D eigenvalue weighted by atomic mass is 9.84. The number of likely N-dealkylation sites (N-methyl/N-ethyl adjacent to an activating group) is 1. The van der Waals surface area contributed by atoms with Gasteiger partial charge in [-0.1, -0.05) is 0 Å². The lowest BCUT2D eigenvalue weighted by Crippen LogP contribution is -2.68. The van der Waals surface area contributed by atoms with Gasteiger partial charge in [0.1, 0.15) is 30.0 Å². The van der Waals surface area contributed by atoms with Crippen molar-refractivity contribution in [3.8, 4) is 0 Å². The zero-order valence-corrected chi connectivity index (χ0v) is 13.8. The maximum Gasteiger partial charge on any atom is 0.185 e. The number of ether oxygens (including phenoxy) is 3. The molecule has 2 aliphatic rings. The SMILES string of the molecule is CNC1C(O)C(OC2C(N)CC(N)C(OC)C2O)OCC1(C)O. The molecule has 0 aromatic carbocycles. The zero-order chi connectivity index (χ0) is 17.4. The molecule has 8 N–H and O–H groups in total. The summed E-state index contributed by atoms with van der Waals surface area (Å²) in [4.78, 5) is 0. The van der Waals surface area contributed by atoms with Crippen LogP contribution < -0.4 is 16.8 Å². The van der Waals surface area contributed by atoms with E-state index < -0.39 is 54.4 Å². The van der Waals surface area contributed by atoms with E-state index in [1.54, 1.807) is 14.0 Å². The summed E-state index contributed by atoms with van der Waals surface area (Å²) in [6, 6.07) is -1.55. The van der Waals surface area contributed by atoms with E-state index in [0.29, 0.717) is 6.42 Å².